The van der Waals surface area contributed by atoms with Crippen molar-refractivity contribution >= 4 is 11.9 Å². The number of carboxylic acids is 1. The molecule has 1 atom stereocenters. The number of benzene rings is 2. The van der Waals surface area contributed by atoms with Crippen molar-refractivity contribution in [1.29, 1.82) is 0 Å². The highest BCUT2D eigenvalue weighted by molar-refractivity contribution is 6.05. The van der Waals surface area contributed by atoms with Crippen LogP contribution in [0.3, 0.4) is 0 Å². The number of carbonyl (C=O) groups is 2. The summed E-state index contributed by atoms with van der Waals surface area (Å²) in [6, 6.07) is 16.6. The Morgan fingerprint density at radius 1 is 1.00 bits per heavy atom. The van der Waals surface area contributed by atoms with Crippen molar-refractivity contribution in [3.05, 3.63) is 60.7 Å². The smallest absolute Gasteiger partial charge is 0.361 e. The van der Waals surface area contributed by atoms with Crippen molar-refractivity contribution in [1.82, 2.24) is 5.43 Å². The zero-order chi connectivity index (χ0) is 16.7. The van der Waals surface area contributed by atoms with Gasteiger partial charge in [0.1, 0.15) is 18.1 Å². The van der Waals surface area contributed by atoms with Crippen molar-refractivity contribution < 1.29 is 24.2 Å². The van der Waals surface area contributed by atoms with Crippen LogP contribution in [-0.4, -0.2) is 29.2 Å². The van der Waals surface area contributed by atoms with Crippen LogP contribution >= 0.6 is 0 Å². The molecule has 0 heterocycles. The molecule has 0 aromatic heterocycles. The maximum atomic E-state index is 12.1. The van der Waals surface area contributed by atoms with Gasteiger partial charge in [0.2, 0.25) is 0 Å². The molecular formula is C16H16N2O5. The number of amides is 1. The Kier molecular flexibility index (Phi) is 5.16. The first kappa shape index (κ1) is 16.3. The number of nitrogens with one attached hydrogen (secondary N) is 1. The second-order valence-electron chi connectivity index (χ2n) is 4.62. The van der Waals surface area contributed by atoms with E-state index in [2.05, 4.69) is 0 Å². The molecule has 0 aliphatic rings. The van der Waals surface area contributed by atoms with Crippen LogP contribution in [0.25, 0.3) is 0 Å². The summed E-state index contributed by atoms with van der Waals surface area (Å²) in [7, 11) is 0. The number of hydrogen-bond donors (Lipinski definition) is 3. The van der Waals surface area contributed by atoms with Gasteiger partial charge in [-0.05, 0) is 24.3 Å². The fourth-order valence-electron chi connectivity index (χ4n) is 1.85. The first-order chi connectivity index (χ1) is 11.1. The topological polar surface area (TPSA) is 111 Å². The largest absolute Gasteiger partial charge is 0.488 e. The monoisotopic (exact) mass is 316 g/mol. The van der Waals surface area contributed by atoms with Gasteiger partial charge in [0, 0.05) is 0 Å². The molecule has 0 saturated heterocycles. The normalized spacial score (nSPS) is 12.7. The Hall–Kier alpha value is -3.06. The van der Waals surface area contributed by atoms with Gasteiger partial charge in [0.25, 0.3) is 5.91 Å². The number of carboxylic acid groups (broad SMARTS) is 1. The average molecular weight is 316 g/mol. The highest BCUT2D eigenvalue weighted by atomic mass is 16.6. The summed E-state index contributed by atoms with van der Waals surface area (Å²) in [6.45, 7) is -0.551. The Morgan fingerprint density at radius 3 is 2.00 bits per heavy atom. The molecule has 0 aliphatic heterocycles. The predicted molar refractivity (Wildman–Crippen MR) is 81.7 cm³/mol. The highest BCUT2D eigenvalue weighted by Crippen LogP contribution is 2.21. The van der Waals surface area contributed by atoms with E-state index in [0.717, 1.165) is 0 Å². The van der Waals surface area contributed by atoms with E-state index < -0.39 is 24.1 Å². The maximum Gasteiger partial charge on any atom is 0.361 e. The van der Waals surface area contributed by atoms with E-state index >= 15 is 0 Å². The van der Waals surface area contributed by atoms with E-state index in [1.165, 1.54) is 12.1 Å². The summed E-state index contributed by atoms with van der Waals surface area (Å²) in [5.41, 5.74) is -0.495. The van der Waals surface area contributed by atoms with Crippen LogP contribution in [0.4, 0.5) is 0 Å². The van der Waals surface area contributed by atoms with Crippen LogP contribution < -0.4 is 20.7 Å². The molecule has 4 N–H and O–H groups in total. The van der Waals surface area contributed by atoms with Crippen molar-refractivity contribution in [2.45, 2.75) is 5.60 Å². The van der Waals surface area contributed by atoms with Gasteiger partial charge in [0.05, 0.1) is 0 Å². The molecule has 1 unspecified atom stereocenters. The summed E-state index contributed by atoms with van der Waals surface area (Å²) in [5, 5.41) is 9.54. The second kappa shape index (κ2) is 7.28. The van der Waals surface area contributed by atoms with Crippen molar-refractivity contribution in [3.8, 4) is 11.5 Å². The Labute approximate surface area is 132 Å². The average Bonchev–Trinajstić information content (AvgIpc) is 2.59. The molecule has 0 bridgehead atoms. The molecule has 0 spiro atoms. The first-order valence-electron chi connectivity index (χ1n) is 6.75. The van der Waals surface area contributed by atoms with Crippen LogP contribution in [0.15, 0.2) is 60.7 Å². The Balaban J connectivity index is 2.29. The first-order valence-corrected chi connectivity index (χ1v) is 6.75. The summed E-state index contributed by atoms with van der Waals surface area (Å²) in [6.07, 6.45) is 0. The lowest BCUT2D eigenvalue weighted by Crippen LogP contribution is -2.62. The number of nitrogens with two attached hydrogens (primary N) is 1. The van der Waals surface area contributed by atoms with Gasteiger partial charge in [-0.15, -0.1) is 0 Å². The van der Waals surface area contributed by atoms with Crippen LogP contribution in [0, 0.1) is 0 Å². The maximum absolute atomic E-state index is 12.1. The molecule has 1 amide bonds. The number of para-hydroxylation sites is 2. The highest BCUT2D eigenvalue weighted by Gasteiger charge is 2.50. The lowest BCUT2D eigenvalue weighted by Gasteiger charge is -2.28. The van der Waals surface area contributed by atoms with E-state index in [4.69, 9.17) is 15.3 Å². The lowest BCUT2D eigenvalue weighted by atomic mass is 10.0. The number of ether oxygens (including phenoxy) is 2. The van der Waals surface area contributed by atoms with E-state index in [0.29, 0.717) is 5.75 Å². The minimum atomic E-state index is -2.31. The number of aliphatic carboxylic acids is 1. The van der Waals surface area contributed by atoms with E-state index in [1.807, 2.05) is 5.43 Å². The number of hydrazine groups is 1. The van der Waals surface area contributed by atoms with E-state index in [9.17, 15) is 14.7 Å². The van der Waals surface area contributed by atoms with E-state index in [1.54, 1.807) is 48.5 Å². The fraction of sp³-hybridized carbons (Fsp3) is 0.125. The molecule has 0 aliphatic carbocycles. The second-order valence-corrected chi connectivity index (χ2v) is 4.62. The molecule has 0 saturated carbocycles. The van der Waals surface area contributed by atoms with Crippen molar-refractivity contribution in [2.24, 2.45) is 5.84 Å². The Morgan fingerprint density at radius 2 is 1.52 bits per heavy atom. The van der Waals surface area contributed by atoms with Crippen molar-refractivity contribution in [3.63, 3.8) is 0 Å². The zero-order valence-corrected chi connectivity index (χ0v) is 12.1. The lowest BCUT2D eigenvalue weighted by molar-refractivity contribution is -0.166. The molecular weight excluding hydrogens is 300 g/mol. The quantitative estimate of drug-likeness (QED) is 0.304. The van der Waals surface area contributed by atoms with Gasteiger partial charge in [0.15, 0.2) is 0 Å². The number of carbonyl (C=O) groups excluding carboxylic acids is 1. The van der Waals surface area contributed by atoms with Crippen LogP contribution in [0.2, 0.25) is 0 Å². The molecule has 7 heteroatoms. The van der Waals surface area contributed by atoms with Gasteiger partial charge in [-0.25, -0.2) is 10.6 Å². The molecule has 0 radical (unpaired) electrons. The van der Waals surface area contributed by atoms with Gasteiger partial charge in [-0.1, -0.05) is 36.4 Å². The molecule has 7 nitrogen and oxygen atoms in total. The minimum Gasteiger partial charge on any atom is -0.488 e. The third kappa shape index (κ3) is 3.78. The zero-order valence-electron chi connectivity index (χ0n) is 12.1. The molecule has 2 aromatic rings. The molecule has 120 valence electrons. The molecule has 23 heavy (non-hydrogen) atoms. The molecule has 0 fully saturated rings. The summed E-state index contributed by atoms with van der Waals surface area (Å²) >= 11 is 0. The van der Waals surface area contributed by atoms with Gasteiger partial charge < -0.3 is 14.6 Å². The van der Waals surface area contributed by atoms with Gasteiger partial charge in [-0.2, -0.15) is 0 Å². The molecule has 2 aromatic carbocycles. The summed E-state index contributed by atoms with van der Waals surface area (Å²) < 4.78 is 10.8. The molecule has 2 rings (SSSR count). The summed E-state index contributed by atoms with van der Waals surface area (Å²) in [5.74, 6) is 3.19. The minimum absolute atomic E-state index is 0.204. The van der Waals surface area contributed by atoms with E-state index in [-0.39, 0.29) is 5.75 Å². The third-order valence-corrected chi connectivity index (χ3v) is 3.06. The van der Waals surface area contributed by atoms with Crippen LogP contribution in [0.1, 0.15) is 0 Å². The van der Waals surface area contributed by atoms with Gasteiger partial charge in [-0.3, -0.25) is 10.2 Å². The van der Waals surface area contributed by atoms with Gasteiger partial charge >= 0.3 is 11.6 Å². The number of rotatable bonds is 7. The predicted octanol–water partition coefficient (Wildman–Crippen LogP) is 0.958. The SMILES string of the molecule is NNC(=O)C(COc1ccccc1)(Oc1ccccc1)C(=O)O. The van der Waals surface area contributed by atoms with Crippen molar-refractivity contribution in [2.75, 3.05) is 6.61 Å². The Bertz CT molecular complexity index is 663. The summed E-state index contributed by atoms with van der Waals surface area (Å²) in [4.78, 5) is 23.8. The number of hydrogen-bond acceptors (Lipinski definition) is 5. The third-order valence-electron chi connectivity index (χ3n) is 3.06. The van der Waals surface area contributed by atoms with Crippen LogP contribution in [0.5, 0.6) is 11.5 Å². The standard InChI is InChI=1S/C16H16N2O5/c17-18-14(19)16(15(20)21,23-13-9-5-2-6-10-13)11-22-12-7-3-1-4-8-12/h1-10H,11,17H2,(H,18,19)(H,20,21). The van der Waals surface area contributed by atoms with Crippen LogP contribution in [-0.2, 0) is 9.59 Å². The fourth-order valence-corrected chi connectivity index (χ4v) is 1.85.